The van der Waals surface area contributed by atoms with Crippen LogP contribution in [-0.2, 0) is 9.59 Å². The second kappa shape index (κ2) is 7.32. The lowest BCUT2D eigenvalue weighted by atomic mass is 10.2. The number of aliphatic carboxylic acids is 1. The maximum absolute atomic E-state index is 11.8. The van der Waals surface area contributed by atoms with Crippen molar-refractivity contribution in [2.24, 2.45) is 0 Å². The average Bonchev–Trinajstić information content (AvgIpc) is 2.50. The van der Waals surface area contributed by atoms with Crippen LogP contribution < -0.4 is 14.5 Å². The van der Waals surface area contributed by atoms with Crippen LogP contribution in [0.25, 0.3) is 0 Å². The van der Waals surface area contributed by atoms with Crippen LogP contribution >= 0.6 is 0 Å². The Hall–Kier alpha value is -2.28. The van der Waals surface area contributed by atoms with Gasteiger partial charge in [0.2, 0.25) is 0 Å². The lowest BCUT2D eigenvalue weighted by Crippen LogP contribution is -2.36. The highest BCUT2D eigenvalue weighted by Crippen LogP contribution is 2.34. The number of fused-ring (bicyclic) bond motifs is 1. The molecule has 0 spiro atoms. The number of anilines is 2. The van der Waals surface area contributed by atoms with Crippen LogP contribution in [0.15, 0.2) is 18.2 Å². The van der Waals surface area contributed by atoms with Gasteiger partial charge in [0.15, 0.2) is 6.61 Å². The zero-order valence-electron chi connectivity index (χ0n) is 13.8. The fourth-order valence-corrected chi connectivity index (χ4v) is 2.38. The molecule has 7 nitrogen and oxygen atoms in total. The summed E-state index contributed by atoms with van der Waals surface area (Å²) in [7, 11) is 5.67. The van der Waals surface area contributed by atoms with Crippen molar-refractivity contribution in [3.8, 4) is 5.75 Å². The predicted octanol–water partition coefficient (Wildman–Crippen LogP) is 0.884. The number of likely N-dealkylation sites (N-methyl/N-ethyl adjacent to an activating group) is 2. The van der Waals surface area contributed by atoms with E-state index in [1.165, 1.54) is 0 Å². The van der Waals surface area contributed by atoms with Crippen molar-refractivity contribution in [3.63, 3.8) is 0 Å². The Labute approximate surface area is 136 Å². The fraction of sp³-hybridized carbons (Fsp3) is 0.500. The van der Waals surface area contributed by atoms with Crippen molar-refractivity contribution in [1.29, 1.82) is 0 Å². The number of carboxylic acids is 1. The monoisotopic (exact) mass is 321 g/mol. The lowest BCUT2D eigenvalue weighted by molar-refractivity contribution is -0.136. The van der Waals surface area contributed by atoms with E-state index in [1.807, 2.05) is 42.1 Å². The largest absolute Gasteiger partial charge is 0.482 e. The van der Waals surface area contributed by atoms with Gasteiger partial charge in [0, 0.05) is 32.4 Å². The molecule has 0 saturated heterocycles. The molecule has 1 amide bonds. The average molecular weight is 321 g/mol. The molecular formula is C16H23N3O4. The summed E-state index contributed by atoms with van der Waals surface area (Å²) in [6.45, 7) is 1.98. The number of carbonyl (C=O) groups excluding carboxylic acids is 1. The van der Waals surface area contributed by atoms with Gasteiger partial charge in [-0.05, 0) is 32.3 Å². The van der Waals surface area contributed by atoms with E-state index in [-0.39, 0.29) is 18.9 Å². The maximum atomic E-state index is 11.8. The molecular weight excluding hydrogens is 298 g/mol. The number of amides is 1. The summed E-state index contributed by atoms with van der Waals surface area (Å²) in [4.78, 5) is 28.3. The highest BCUT2D eigenvalue weighted by Gasteiger charge is 2.23. The molecule has 0 fully saturated rings. The zero-order chi connectivity index (χ0) is 17.0. The van der Waals surface area contributed by atoms with Gasteiger partial charge in [-0.15, -0.1) is 0 Å². The molecule has 1 aliphatic rings. The molecule has 126 valence electrons. The Morgan fingerprint density at radius 2 is 2.04 bits per heavy atom. The van der Waals surface area contributed by atoms with Gasteiger partial charge in [-0.2, -0.15) is 0 Å². The normalized spacial score (nSPS) is 13.7. The first-order valence-electron chi connectivity index (χ1n) is 7.53. The number of hydrogen-bond donors (Lipinski definition) is 1. The highest BCUT2D eigenvalue weighted by atomic mass is 16.5. The molecule has 7 heteroatoms. The molecule has 1 aromatic carbocycles. The summed E-state index contributed by atoms with van der Waals surface area (Å²) in [5.74, 6) is -0.255. The highest BCUT2D eigenvalue weighted by molar-refractivity contribution is 5.97. The van der Waals surface area contributed by atoms with E-state index in [0.29, 0.717) is 24.5 Å². The molecule has 0 saturated carbocycles. The third-order valence-electron chi connectivity index (χ3n) is 3.81. The molecule has 0 radical (unpaired) electrons. The van der Waals surface area contributed by atoms with Crippen molar-refractivity contribution in [2.75, 3.05) is 57.2 Å². The van der Waals surface area contributed by atoms with Gasteiger partial charge in [-0.25, -0.2) is 0 Å². The van der Waals surface area contributed by atoms with Crippen LogP contribution in [0.2, 0.25) is 0 Å². The van der Waals surface area contributed by atoms with Crippen LogP contribution in [-0.4, -0.2) is 69.3 Å². The van der Waals surface area contributed by atoms with E-state index in [0.717, 1.165) is 12.2 Å². The van der Waals surface area contributed by atoms with Crippen LogP contribution in [0.5, 0.6) is 5.75 Å². The molecule has 0 atom stereocenters. The molecule has 0 bridgehead atoms. The van der Waals surface area contributed by atoms with Crippen molar-refractivity contribution < 1.29 is 19.4 Å². The van der Waals surface area contributed by atoms with Gasteiger partial charge in [0.05, 0.1) is 12.1 Å². The number of carbonyl (C=O) groups is 2. The summed E-state index contributed by atoms with van der Waals surface area (Å²) in [6, 6.07) is 5.61. The minimum atomic E-state index is -0.826. The summed E-state index contributed by atoms with van der Waals surface area (Å²) in [5, 5.41) is 8.95. The molecule has 1 N–H and O–H groups in total. The SMILES string of the molecule is CN(C)CCN(CCC(=O)O)c1ccc2c(c1)N(C)C(=O)CO2. The fourth-order valence-electron chi connectivity index (χ4n) is 2.38. The van der Waals surface area contributed by atoms with Gasteiger partial charge in [-0.3, -0.25) is 9.59 Å². The topological polar surface area (TPSA) is 73.3 Å². The van der Waals surface area contributed by atoms with Gasteiger partial charge in [0.25, 0.3) is 5.91 Å². The second-order valence-corrected chi connectivity index (χ2v) is 5.83. The van der Waals surface area contributed by atoms with Crippen LogP contribution in [0.3, 0.4) is 0 Å². The Morgan fingerprint density at radius 1 is 1.30 bits per heavy atom. The van der Waals surface area contributed by atoms with Gasteiger partial charge < -0.3 is 24.5 Å². The molecule has 1 aliphatic heterocycles. The Bertz CT molecular complexity index is 589. The molecule has 1 aromatic rings. The molecule has 0 aliphatic carbocycles. The number of ether oxygens (including phenoxy) is 1. The van der Waals surface area contributed by atoms with E-state index >= 15 is 0 Å². The quantitative estimate of drug-likeness (QED) is 0.804. The number of benzene rings is 1. The summed E-state index contributed by atoms with van der Waals surface area (Å²) in [6.07, 6.45) is 0.0653. The van der Waals surface area contributed by atoms with Gasteiger partial charge in [0.1, 0.15) is 5.75 Å². The molecule has 0 unspecified atom stereocenters. The Kier molecular flexibility index (Phi) is 5.44. The van der Waals surface area contributed by atoms with E-state index in [4.69, 9.17) is 9.84 Å². The van der Waals surface area contributed by atoms with E-state index in [1.54, 1.807) is 11.9 Å². The van der Waals surface area contributed by atoms with Crippen molar-refractivity contribution >= 4 is 23.3 Å². The predicted molar refractivity (Wildman–Crippen MR) is 88.4 cm³/mol. The van der Waals surface area contributed by atoms with Crippen LogP contribution in [0, 0.1) is 0 Å². The molecule has 0 aromatic heterocycles. The number of carboxylic acid groups (broad SMARTS) is 1. The first kappa shape index (κ1) is 17.1. The van der Waals surface area contributed by atoms with Crippen molar-refractivity contribution in [1.82, 2.24) is 4.90 Å². The van der Waals surface area contributed by atoms with E-state index < -0.39 is 5.97 Å². The molecule has 2 rings (SSSR count). The molecule has 1 heterocycles. The third kappa shape index (κ3) is 4.35. The summed E-state index contributed by atoms with van der Waals surface area (Å²) in [5.41, 5.74) is 1.60. The van der Waals surface area contributed by atoms with Gasteiger partial charge in [-0.1, -0.05) is 0 Å². The lowest BCUT2D eigenvalue weighted by Gasteiger charge is -2.30. The first-order valence-corrected chi connectivity index (χ1v) is 7.53. The van der Waals surface area contributed by atoms with E-state index in [9.17, 15) is 9.59 Å². The van der Waals surface area contributed by atoms with Crippen molar-refractivity contribution in [3.05, 3.63) is 18.2 Å². The second-order valence-electron chi connectivity index (χ2n) is 5.83. The number of rotatable bonds is 7. The zero-order valence-corrected chi connectivity index (χ0v) is 13.8. The molecule has 23 heavy (non-hydrogen) atoms. The Balaban J connectivity index is 2.23. The smallest absolute Gasteiger partial charge is 0.305 e. The minimum absolute atomic E-state index is 0.0478. The van der Waals surface area contributed by atoms with Crippen LogP contribution in [0.1, 0.15) is 6.42 Å². The maximum Gasteiger partial charge on any atom is 0.305 e. The van der Waals surface area contributed by atoms with Crippen molar-refractivity contribution in [2.45, 2.75) is 6.42 Å². The summed E-state index contributed by atoms with van der Waals surface area (Å²) >= 11 is 0. The first-order chi connectivity index (χ1) is 10.9. The number of hydrogen-bond acceptors (Lipinski definition) is 5. The third-order valence-corrected chi connectivity index (χ3v) is 3.81. The Morgan fingerprint density at radius 3 is 2.70 bits per heavy atom. The standard InChI is InChI=1S/C16H23N3O4/c1-17(2)8-9-19(7-6-16(21)22)12-4-5-14-13(10-12)18(3)15(20)11-23-14/h4-5,10H,6-9,11H2,1-3H3,(H,21,22). The summed E-state index contributed by atoms with van der Waals surface area (Å²) < 4.78 is 5.43. The van der Waals surface area contributed by atoms with Crippen LogP contribution in [0.4, 0.5) is 11.4 Å². The number of nitrogens with zero attached hydrogens (tertiary/aromatic N) is 3. The van der Waals surface area contributed by atoms with E-state index in [2.05, 4.69) is 0 Å². The minimum Gasteiger partial charge on any atom is -0.482 e. The van der Waals surface area contributed by atoms with Gasteiger partial charge >= 0.3 is 5.97 Å².